The van der Waals surface area contributed by atoms with Crippen molar-refractivity contribution in [2.45, 2.75) is 44.1 Å². The molecule has 2 N–H and O–H groups in total. The fourth-order valence-corrected chi connectivity index (χ4v) is 2.58. The van der Waals surface area contributed by atoms with Gasteiger partial charge in [-0.1, -0.05) is 31.7 Å². The lowest BCUT2D eigenvalue weighted by atomic mass is 9.83. The lowest BCUT2D eigenvalue weighted by Crippen LogP contribution is -2.38. The second kappa shape index (κ2) is 4.50. The first-order valence-corrected chi connectivity index (χ1v) is 5.87. The molecule has 0 radical (unpaired) electrons. The first kappa shape index (κ1) is 11.5. The molecule has 16 heavy (non-hydrogen) atoms. The molecular formula is C13H17F2N. The molecule has 0 saturated heterocycles. The summed E-state index contributed by atoms with van der Waals surface area (Å²) in [6.07, 6.45) is 5.45. The summed E-state index contributed by atoms with van der Waals surface area (Å²) in [6, 6.07) is 3.96. The molecule has 0 bridgehead atoms. The van der Waals surface area contributed by atoms with Crippen LogP contribution in [0.3, 0.4) is 0 Å². The van der Waals surface area contributed by atoms with Gasteiger partial charge in [-0.2, -0.15) is 0 Å². The van der Waals surface area contributed by atoms with Crippen LogP contribution >= 0.6 is 0 Å². The highest BCUT2D eigenvalue weighted by Crippen LogP contribution is 2.36. The Balaban J connectivity index is 2.40. The third-order valence-electron chi connectivity index (χ3n) is 3.46. The predicted octanol–water partition coefficient (Wildman–Crippen LogP) is 3.47. The molecule has 0 spiro atoms. The van der Waals surface area contributed by atoms with Crippen LogP contribution in [-0.2, 0) is 5.54 Å². The van der Waals surface area contributed by atoms with Gasteiger partial charge in [0, 0.05) is 11.1 Å². The van der Waals surface area contributed by atoms with Crippen molar-refractivity contribution in [3.63, 3.8) is 0 Å². The third kappa shape index (κ3) is 2.09. The molecule has 0 aliphatic heterocycles. The standard InChI is InChI=1S/C13H17F2N/c14-10-6-5-7-11(15)12(10)13(16)8-3-1-2-4-9-13/h5-7H,1-4,8-9,16H2. The maximum atomic E-state index is 13.7. The van der Waals surface area contributed by atoms with Crippen LogP contribution in [-0.4, -0.2) is 0 Å². The summed E-state index contributed by atoms with van der Waals surface area (Å²) in [5.41, 5.74) is 5.47. The maximum absolute atomic E-state index is 13.7. The van der Waals surface area contributed by atoms with E-state index < -0.39 is 17.2 Å². The minimum atomic E-state index is -0.814. The van der Waals surface area contributed by atoms with Crippen molar-refractivity contribution in [3.8, 4) is 0 Å². The van der Waals surface area contributed by atoms with Gasteiger partial charge in [0.2, 0.25) is 0 Å². The summed E-state index contributed by atoms with van der Waals surface area (Å²) in [5.74, 6) is -1.02. The molecule has 3 heteroatoms. The quantitative estimate of drug-likeness (QED) is 0.727. The van der Waals surface area contributed by atoms with E-state index in [2.05, 4.69) is 0 Å². The number of rotatable bonds is 1. The van der Waals surface area contributed by atoms with Gasteiger partial charge in [0.15, 0.2) is 0 Å². The summed E-state index contributed by atoms with van der Waals surface area (Å²) in [6.45, 7) is 0. The van der Waals surface area contributed by atoms with E-state index in [1.165, 1.54) is 18.2 Å². The molecule has 0 atom stereocenters. The highest BCUT2D eigenvalue weighted by molar-refractivity contribution is 5.27. The Morgan fingerprint density at radius 1 is 0.938 bits per heavy atom. The predicted molar refractivity (Wildman–Crippen MR) is 59.9 cm³/mol. The Hall–Kier alpha value is -0.960. The van der Waals surface area contributed by atoms with E-state index in [4.69, 9.17) is 5.73 Å². The molecule has 1 fully saturated rings. The summed E-state index contributed by atoms with van der Waals surface area (Å²) in [4.78, 5) is 0. The SMILES string of the molecule is NC1(c2c(F)cccc2F)CCCCCC1. The van der Waals surface area contributed by atoms with Crippen molar-refractivity contribution in [2.75, 3.05) is 0 Å². The van der Waals surface area contributed by atoms with Gasteiger partial charge in [-0.3, -0.25) is 0 Å². The molecule has 1 aromatic carbocycles. The number of hydrogen-bond acceptors (Lipinski definition) is 1. The van der Waals surface area contributed by atoms with Crippen LogP contribution in [0.1, 0.15) is 44.1 Å². The molecule has 0 heterocycles. The van der Waals surface area contributed by atoms with E-state index in [1.54, 1.807) is 0 Å². The average molecular weight is 225 g/mol. The van der Waals surface area contributed by atoms with E-state index in [-0.39, 0.29) is 5.56 Å². The monoisotopic (exact) mass is 225 g/mol. The molecule has 0 unspecified atom stereocenters. The largest absolute Gasteiger partial charge is 0.321 e. The Kier molecular flexibility index (Phi) is 3.24. The number of nitrogens with two attached hydrogens (primary N) is 1. The van der Waals surface area contributed by atoms with Gasteiger partial charge in [-0.25, -0.2) is 8.78 Å². The first-order chi connectivity index (χ1) is 7.63. The minimum Gasteiger partial charge on any atom is -0.321 e. The number of halogens is 2. The summed E-state index contributed by atoms with van der Waals surface area (Å²) < 4.78 is 27.4. The van der Waals surface area contributed by atoms with Gasteiger partial charge in [0.05, 0.1) is 0 Å². The van der Waals surface area contributed by atoms with Crippen LogP contribution in [0.4, 0.5) is 8.78 Å². The van der Waals surface area contributed by atoms with Crippen LogP contribution in [0.15, 0.2) is 18.2 Å². The van der Waals surface area contributed by atoms with E-state index in [0.717, 1.165) is 25.7 Å². The van der Waals surface area contributed by atoms with Gasteiger partial charge in [-0.15, -0.1) is 0 Å². The molecule has 1 aromatic rings. The van der Waals surface area contributed by atoms with E-state index in [9.17, 15) is 8.78 Å². The smallest absolute Gasteiger partial charge is 0.131 e. The van der Waals surface area contributed by atoms with Crippen LogP contribution in [0.25, 0.3) is 0 Å². The van der Waals surface area contributed by atoms with Crippen LogP contribution in [0.5, 0.6) is 0 Å². The van der Waals surface area contributed by atoms with Crippen LogP contribution in [0, 0.1) is 11.6 Å². The average Bonchev–Trinajstić information content (AvgIpc) is 2.43. The molecule has 88 valence electrons. The molecule has 1 aliphatic rings. The van der Waals surface area contributed by atoms with E-state index >= 15 is 0 Å². The molecular weight excluding hydrogens is 208 g/mol. The van der Waals surface area contributed by atoms with Crippen molar-refractivity contribution in [1.29, 1.82) is 0 Å². The van der Waals surface area contributed by atoms with Gasteiger partial charge < -0.3 is 5.73 Å². The van der Waals surface area contributed by atoms with Crippen molar-refractivity contribution < 1.29 is 8.78 Å². The molecule has 1 saturated carbocycles. The number of benzene rings is 1. The molecule has 2 rings (SSSR count). The lowest BCUT2D eigenvalue weighted by molar-refractivity contribution is 0.350. The second-order valence-electron chi connectivity index (χ2n) is 4.67. The second-order valence-corrected chi connectivity index (χ2v) is 4.67. The van der Waals surface area contributed by atoms with Crippen molar-refractivity contribution in [3.05, 3.63) is 35.4 Å². The zero-order valence-corrected chi connectivity index (χ0v) is 9.31. The summed E-state index contributed by atoms with van der Waals surface area (Å²) in [7, 11) is 0. The Morgan fingerprint density at radius 2 is 1.44 bits per heavy atom. The Labute approximate surface area is 94.7 Å². The fraction of sp³-hybridized carbons (Fsp3) is 0.538. The van der Waals surface area contributed by atoms with Gasteiger partial charge >= 0.3 is 0 Å². The molecule has 1 aliphatic carbocycles. The Bertz CT molecular complexity index is 348. The molecule has 0 aromatic heterocycles. The zero-order chi connectivity index (χ0) is 11.6. The summed E-state index contributed by atoms with van der Waals surface area (Å²) in [5, 5.41) is 0. The molecule has 0 amide bonds. The normalized spacial score (nSPS) is 20.4. The van der Waals surface area contributed by atoms with Gasteiger partial charge in [0.25, 0.3) is 0 Å². The maximum Gasteiger partial charge on any atom is 0.131 e. The van der Waals surface area contributed by atoms with Crippen molar-refractivity contribution >= 4 is 0 Å². The van der Waals surface area contributed by atoms with Crippen LogP contribution < -0.4 is 5.73 Å². The zero-order valence-electron chi connectivity index (χ0n) is 9.31. The first-order valence-electron chi connectivity index (χ1n) is 5.87. The van der Waals surface area contributed by atoms with E-state index in [1.807, 2.05) is 0 Å². The highest BCUT2D eigenvalue weighted by atomic mass is 19.1. The Morgan fingerprint density at radius 3 is 1.94 bits per heavy atom. The minimum absolute atomic E-state index is 0.0805. The highest BCUT2D eigenvalue weighted by Gasteiger charge is 2.33. The topological polar surface area (TPSA) is 26.0 Å². The lowest BCUT2D eigenvalue weighted by Gasteiger charge is -2.29. The van der Waals surface area contributed by atoms with Gasteiger partial charge in [-0.05, 0) is 25.0 Å². The third-order valence-corrected chi connectivity index (χ3v) is 3.46. The van der Waals surface area contributed by atoms with Crippen molar-refractivity contribution in [1.82, 2.24) is 0 Å². The molecule has 1 nitrogen and oxygen atoms in total. The fourth-order valence-electron chi connectivity index (χ4n) is 2.58. The van der Waals surface area contributed by atoms with Crippen LogP contribution in [0.2, 0.25) is 0 Å². The summed E-state index contributed by atoms with van der Waals surface area (Å²) >= 11 is 0. The number of hydrogen-bond donors (Lipinski definition) is 1. The van der Waals surface area contributed by atoms with E-state index in [0.29, 0.717) is 12.8 Å². The van der Waals surface area contributed by atoms with Gasteiger partial charge in [0.1, 0.15) is 11.6 Å². The van der Waals surface area contributed by atoms with Crippen molar-refractivity contribution in [2.24, 2.45) is 5.73 Å².